The molecular weight excluding hydrogens is 568 g/mol. The lowest BCUT2D eigenvalue weighted by Gasteiger charge is -2.40. The van der Waals surface area contributed by atoms with Crippen molar-refractivity contribution >= 4 is 5.97 Å². The molecule has 44 heavy (non-hydrogen) atoms. The highest BCUT2D eigenvalue weighted by Gasteiger charge is 2.37. The standard InChI is InChI=1S/C34H40O10/c1-3-33(18-36-19-33)22-38-24-40-28-9-5-26(6-10-28)17-42-44-31-15-13-30(14-16-31)43-32(35)27-7-11-29(12-8-27)41-25-39-23-34(4-2)20-37-21-34/h5-16H,3-4,17-25H2,1-2H3. The van der Waals surface area contributed by atoms with E-state index in [0.29, 0.717) is 41.8 Å². The molecule has 5 rings (SSSR count). The van der Waals surface area contributed by atoms with E-state index >= 15 is 0 Å². The van der Waals surface area contributed by atoms with Crippen LogP contribution in [0.3, 0.4) is 0 Å². The molecule has 2 saturated heterocycles. The highest BCUT2D eigenvalue weighted by atomic mass is 17.2. The van der Waals surface area contributed by atoms with E-state index in [9.17, 15) is 4.79 Å². The third kappa shape index (κ3) is 8.71. The van der Waals surface area contributed by atoms with Crippen LogP contribution in [0.1, 0.15) is 42.6 Å². The van der Waals surface area contributed by atoms with Gasteiger partial charge in [0.05, 0.1) is 45.2 Å². The van der Waals surface area contributed by atoms with E-state index in [4.69, 9.17) is 42.9 Å². The van der Waals surface area contributed by atoms with Crippen LogP contribution < -0.4 is 19.1 Å². The topological polar surface area (TPSA) is 100 Å². The number of esters is 1. The van der Waals surface area contributed by atoms with Gasteiger partial charge in [-0.3, -0.25) is 0 Å². The van der Waals surface area contributed by atoms with E-state index in [0.717, 1.165) is 44.8 Å². The molecule has 0 atom stereocenters. The van der Waals surface area contributed by atoms with Gasteiger partial charge < -0.3 is 38.0 Å². The molecule has 10 heteroatoms. The second kappa shape index (κ2) is 15.4. The highest BCUT2D eigenvalue weighted by Crippen LogP contribution is 2.32. The summed E-state index contributed by atoms with van der Waals surface area (Å²) < 4.78 is 38.7. The zero-order chi connectivity index (χ0) is 30.7. The minimum atomic E-state index is -0.482. The quantitative estimate of drug-likeness (QED) is 0.0429. The lowest BCUT2D eigenvalue weighted by Crippen LogP contribution is -2.45. The zero-order valence-electron chi connectivity index (χ0n) is 25.3. The normalized spacial score (nSPS) is 16.3. The Morgan fingerprint density at radius 3 is 1.61 bits per heavy atom. The Bertz CT molecular complexity index is 1290. The number of carbonyl (C=O) groups excluding carboxylic acids is 1. The number of carbonyl (C=O) groups is 1. The van der Waals surface area contributed by atoms with Crippen molar-refractivity contribution in [3.8, 4) is 23.0 Å². The van der Waals surface area contributed by atoms with Crippen LogP contribution in [0.25, 0.3) is 0 Å². The Morgan fingerprint density at radius 1 is 0.659 bits per heavy atom. The fraction of sp³-hybridized carbons (Fsp3) is 0.441. The summed E-state index contributed by atoms with van der Waals surface area (Å²) in [5, 5.41) is 0. The maximum atomic E-state index is 12.6. The summed E-state index contributed by atoms with van der Waals surface area (Å²) in [4.78, 5) is 23.3. The molecule has 0 aromatic heterocycles. The molecule has 0 saturated carbocycles. The minimum Gasteiger partial charge on any atom is -0.468 e. The van der Waals surface area contributed by atoms with Gasteiger partial charge in [0, 0.05) is 10.8 Å². The molecule has 0 aliphatic carbocycles. The second-order valence-electron chi connectivity index (χ2n) is 11.3. The monoisotopic (exact) mass is 608 g/mol. The molecule has 2 aliphatic rings. The van der Waals surface area contributed by atoms with Crippen molar-refractivity contribution in [3.63, 3.8) is 0 Å². The molecule has 0 spiro atoms. The van der Waals surface area contributed by atoms with E-state index in [-0.39, 0.29) is 31.0 Å². The summed E-state index contributed by atoms with van der Waals surface area (Å²) in [6.45, 7) is 9.03. The molecular formula is C34H40O10. The van der Waals surface area contributed by atoms with Crippen molar-refractivity contribution in [2.75, 3.05) is 53.2 Å². The first kappa shape index (κ1) is 31.7. The molecule has 0 N–H and O–H groups in total. The third-order valence-corrected chi connectivity index (χ3v) is 8.00. The van der Waals surface area contributed by atoms with Crippen LogP contribution in [0.5, 0.6) is 23.0 Å². The Kier molecular flexibility index (Phi) is 11.1. The fourth-order valence-electron chi connectivity index (χ4n) is 4.56. The van der Waals surface area contributed by atoms with Crippen molar-refractivity contribution in [3.05, 3.63) is 83.9 Å². The molecule has 0 bridgehead atoms. The van der Waals surface area contributed by atoms with Gasteiger partial charge in [0.2, 0.25) is 0 Å². The lowest BCUT2D eigenvalue weighted by atomic mass is 9.84. The molecule has 0 unspecified atom stereocenters. The molecule has 0 amide bonds. The maximum absolute atomic E-state index is 12.6. The number of hydrogen-bond acceptors (Lipinski definition) is 10. The van der Waals surface area contributed by atoms with E-state index in [1.165, 1.54) is 0 Å². The SMILES string of the molecule is CCC1(COCOc2ccc(COOc3ccc(OC(=O)c4ccc(OCOCC5(CC)COC5)cc4)cc3)cc2)COC1. The molecule has 2 fully saturated rings. The van der Waals surface area contributed by atoms with Crippen molar-refractivity contribution in [1.29, 1.82) is 0 Å². The van der Waals surface area contributed by atoms with Crippen LogP contribution in [-0.2, 0) is 30.4 Å². The molecule has 236 valence electrons. The first-order valence-corrected chi connectivity index (χ1v) is 14.9. The molecule has 3 aromatic carbocycles. The second-order valence-corrected chi connectivity index (χ2v) is 11.3. The van der Waals surface area contributed by atoms with E-state index in [1.54, 1.807) is 48.5 Å². The number of benzene rings is 3. The molecule has 2 heterocycles. The molecule has 10 nitrogen and oxygen atoms in total. The van der Waals surface area contributed by atoms with Crippen LogP contribution in [0.2, 0.25) is 0 Å². The third-order valence-electron chi connectivity index (χ3n) is 8.00. The summed E-state index contributed by atoms with van der Waals surface area (Å²) in [7, 11) is 0. The van der Waals surface area contributed by atoms with Crippen LogP contribution >= 0.6 is 0 Å². The van der Waals surface area contributed by atoms with Gasteiger partial charge in [-0.1, -0.05) is 26.0 Å². The number of ether oxygens (including phenoxy) is 7. The first-order valence-electron chi connectivity index (χ1n) is 14.9. The van der Waals surface area contributed by atoms with Gasteiger partial charge in [-0.2, -0.15) is 4.89 Å². The number of hydrogen-bond donors (Lipinski definition) is 0. The Hall–Kier alpha value is -3.67. The predicted molar refractivity (Wildman–Crippen MR) is 160 cm³/mol. The van der Waals surface area contributed by atoms with Crippen molar-refractivity contribution in [1.82, 2.24) is 0 Å². The van der Waals surface area contributed by atoms with E-state index in [1.807, 2.05) is 24.3 Å². The summed E-state index contributed by atoms with van der Waals surface area (Å²) in [6, 6.07) is 20.8. The summed E-state index contributed by atoms with van der Waals surface area (Å²) in [5.74, 6) is 1.69. The highest BCUT2D eigenvalue weighted by molar-refractivity contribution is 5.91. The smallest absolute Gasteiger partial charge is 0.343 e. The predicted octanol–water partition coefficient (Wildman–Crippen LogP) is 5.98. The Morgan fingerprint density at radius 2 is 1.14 bits per heavy atom. The van der Waals surface area contributed by atoms with Gasteiger partial charge >= 0.3 is 5.97 Å². The van der Waals surface area contributed by atoms with Gasteiger partial charge in [0.25, 0.3) is 0 Å². The van der Waals surface area contributed by atoms with Crippen LogP contribution in [0, 0.1) is 10.8 Å². The van der Waals surface area contributed by atoms with Crippen LogP contribution in [0.15, 0.2) is 72.8 Å². The Balaban J connectivity index is 0.966. The largest absolute Gasteiger partial charge is 0.468 e. The van der Waals surface area contributed by atoms with E-state index < -0.39 is 5.97 Å². The average Bonchev–Trinajstić information content (AvgIpc) is 3.01. The van der Waals surface area contributed by atoms with Gasteiger partial charge in [-0.05, 0) is 79.1 Å². The van der Waals surface area contributed by atoms with Crippen LogP contribution in [0.4, 0.5) is 0 Å². The average molecular weight is 609 g/mol. The van der Waals surface area contributed by atoms with Crippen molar-refractivity contribution < 1.29 is 47.7 Å². The van der Waals surface area contributed by atoms with Crippen molar-refractivity contribution in [2.24, 2.45) is 10.8 Å². The van der Waals surface area contributed by atoms with Gasteiger partial charge in [0.1, 0.15) is 23.9 Å². The molecule has 0 radical (unpaired) electrons. The molecule has 2 aliphatic heterocycles. The van der Waals surface area contributed by atoms with Gasteiger partial charge in [-0.15, -0.1) is 0 Å². The summed E-state index contributed by atoms with van der Waals surface area (Å²) >= 11 is 0. The summed E-state index contributed by atoms with van der Waals surface area (Å²) in [5.41, 5.74) is 1.56. The van der Waals surface area contributed by atoms with Gasteiger partial charge in [-0.25, -0.2) is 4.79 Å². The molecule has 3 aromatic rings. The first-order chi connectivity index (χ1) is 21.5. The number of rotatable bonds is 18. The zero-order valence-corrected chi connectivity index (χ0v) is 25.3. The Labute approximate surface area is 257 Å². The minimum absolute atomic E-state index is 0.109. The van der Waals surface area contributed by atoms with Gasteiger partial charge in [0.15, 0.2) is 19.3 Å². The summed E-state index contributed by atoms with van der Waals surface area (Å²) in [6.07, 6.45) is 2.04. The maximum Gasteiger partial charge on any atom is 0.343 e. The van der Waals surface area contributed by atoms with Crippen LogP contribution in [-0.4, -0.2) is 59.2 Å². The van der Waals surface area contributed by atoms with E-state index in [2.05, 4.69) is 13.8 Å². The van der Waals surface area contributed by atoms with Crippen molar-refractivity contribution in [2.45, 2.75) is 33.3 Å². The lowest BCUT2D eigenvalue weighted by molar-refractivity contribution is -0.217. The fourth-order valence-corrected chi connectivity index (χ4v) is 4.56.